The predicted octanol–water partition coefficient (Wildman–Crippen LogP) is 1.65. The van der Waals surface area contributed by atoms with Crippen molar-refractivity contribution in [2.45, 2.75) is 18.9 Å². The van der Waals surface area contributed by atoms with Gasteiger partial charge in [0.25, 0.3) is 0 Å². The molecule has 0 amide bonds. The van der Waals surface area contributed by atoms with Crippen LogP contribution in [0.5, 0.6) is 0 Å². The van der Waals surface area contributed by atoms with Gasteiger partial charge in [-0.05, 0) is 24.6 Å². The van der Waals surface area contributed by atoms with Crippen LogP contribution in [0.15, 0.2) is 36.8 Å². The quantitative estimate of drug-likeness (QED) is 0.865. The predicted molar refractivity (Wildman–Crippen MR) is 66.1 cm³/mol. The number of halogens is 1. The Morgan fingerprint density at radius 2 is 2.22 bits per heavy atom. The molecule has 2 rings (SSSR count). The molecule has 0 aromatic carbocycles. The van der Waals surface area contributed by atoms with E-state index in [9.17, 15) is 9.50 Å². The fourth-order valence-corrected chi connectivity index (χ4v) is 1.78. The third kappa shape index (κ3) is 2.62. The molecular formula is C13H14FN3O. The summed E-state index contributed by atoms with van der Waals surface area (Å²) < 4.78 is 13.1. The summed E-state index contributed by atoms with van der Waals surface area (Å²) in [7, 11) is 0. The average molecular weight is 247 g/mol. The van der Waals surface area contributed by atoms with Crippen molar-refractivity contribution in [2.24, 2.45) is 0 Å². The molecule has 0 fully saturated rings. The van der Waals surface area contributed by atoms with Crippen LogP contribution >= 0.6 is 0 Å². The Balaban J connectivity index is 2.30. The van der Waals surface area contributed by atoms with E-state index < -0.39 is 11.4 Å². The number of nitrogen functional groups attached to an aromatic ring is 1. The molecule has 0 radical (unpaired) electrons. The molecule has 4 nitrogen and oxygen atoms in total. The van der Waals surface area contributed by atoms with Crippen molar-refractivity contribution in [1.82, 2.24) is 9.97 Å². The average Bonchev–Trinajstić information content (AvgIpc) is 2.32. The van der Waals surface area contributed by atoms with Gasteiger partial charge in [0.15, 0.2) is 0 Å². The second-order valence-electron chi connectivity index (χ2n) is 4.39. The van der Waals surface area contributed by atoms with Gasteiger partial charge in [-0.3, -0.25) is 4.98 Å². The molecule has 2 aromatic rings. The highest BCUT2D eigenvalue weighted by Crippen LogP contribution is 2.26. The molecular weight excluding hydrogens is 233 g/mol. The number of anilines is 1. The van der Waals surface area contributed by atoms with E-state index >= 15 is 0 Å². The fourth-order valence-electron chi connectivity index (χ4n) is 1.78. The van der Waals surface area contributed by atoms with Gasteiger partial charge in [-0.2, -0.15) is 0 Å². The van der Waals surface area contributed by atoms with Crippen LogP contribution in [0.1, 0.15) is 18.1 Å². The van der Waals surface area contributed by atoms with Gasteiger partial charge in [-0.25, -0.2) is 9.37 Å². The van der Waals surface area contributed by atoms with Gasteiger partial charge in [-0.1, -0.05) is 6.07 Å². The highest BCUT2D eigenvalue weighted by Gasteiger charge is 2.25. The largest absolute Gasteiger partial charge is 0.385 e. The van der Waals surface area contributed by atoms with Gasteiger partial charge in [0.1, 0.15) is 11.6 Å². The Bertz CT molecular complexity index is 557. The second-order valence-corrected chi connectivity index (χ2v) is 4.39. The minimum atomic E-state index is -1.24. The zero-order valence-electron chi connectivity index (χ0n) is 9.97. The normalized spacial score (nSPS) is 14.2. The zero-order valence-corrected chi connectivity index (χ0v) is 9.97. The topological polar surface area (TPSA) is 72.0 Å². The lowest BCUT2D eigenvalue weighted by molar-refractivity contribution is 0.0570. The maximum atomic E-state index is 13.1. The Hall–Kier alpha value is -2.01. The number of aliphatic hydroxyl groups is 1. The van der Waals surface area contributed by atoms with E-state index in [0.717, 1.165) is 6.20 Å². The van der Waals surface area contributed by atoms with Crippen LogP contribution in [0.4, 0.5) is 10.2 Å². The number of nitrogens with two attached hydrogens (primary N) is 1. The van der Waals surface area contributed by atoms with E-state index in [2.05, 4.69) is 9.97 Å². The van der Waals surface area contributed by atoms with E-state index in [1.807, 2.05) is 0 Å². The Labute approximate surface area is 104 Å². The number of hydrogen-bond acceptors (Lipinski definition) is 4. The maximum Gasteiger partial charge on any atom is 0.141 e. The molecule has 0 saturated carbocycles. The SMILES string of the molecule is CC(O)(Cc1cccnc1N)c1cncc(F)c1. The maximum absolute atomic E-state index is 13.1. The zero-order chi connectivity index (χ0) is 13.2. The van der Waals surface area contributed by atoms with E-state index in [1.165, 1.54) is 12.3 Å². The minimum absolute atomic E-state index is 0.248. The van der Waals surface area contributed by atoms with Crippen molar-refractivity contribution in [3.63, 3.8) is 0 Å². The first kappa shape index (κ1) is 12.4. The summed E-state index contributed by atoms with van der Waals surface area (Å²) in [5, 5.41) is 10.4. The Kier molecular flexibility index (Phi) is 3.25. The summed E-state index contributed by atoms with van der Waals surface area (Å²) in [5.74, 6) is -0.117. The van der Waals surface area contributed by atoms with Gasteiger partial charge < -0.3 is 10.8 Å². The number of rotatable bonds is 3. The van der Waals surface area contributed by atoms with Crippen LogP contribution in [0.3, 0.4) is 0 Å². The summed E-state index contributed by atoms with van der Waals surface area (Å²) in [5.41, 5.74) is 5.60. The van der Waals surface area contributed by atoms with Gasteiger partial charge in [-0.15, -0.1) is 0 Å². The van der Waals surface area contributed by atoms with Crippen molar-refractivity contribution in [2.75, 3.05) is 5.73 Å². The molecule has 0 aliphatic carbocycles. The van der Waals surface area contributed by atoms with Gasteiger partial charge in [0.05, 0.1) is 11.8 Å². The first-order valence-corrected chi connectivity index (χ1v) is 5.52. The van der Waals surface area contributed by atoms with E-state index in [1.54, 1.807) is 25.3 Å². The molecule has 5 heteroatoms. The molecule has 0 spiro atoms. The van der Waals surface area contributed by atoms with Gasteiger partial charge >= 0.3 is 0 Å². The smallest absolute Gasteiger partial charge is 0.141 e. The number of pyridine rings is 2. The molecule has 1 atom stereocenters. The summed E-state index contributed by atoms with van der Waals surface area (Å²) in [4.78, 5) is 7.68. The van der Waals surface area contributed by atoms with E-state index in [4.69, 9.17) is 5.73 Å². The molecule has 0 aliphatic heterocycles. The lowest BCUT2D eigenvalue weighted by Gasteiger charge is -2.24. The molecule has 18 heavy (non-hydrogen) atoms. The summed E-state index contributed by atoms with van der Waals surface area (Å²) in [6, 6.07) is 4.79. The molecule has 2 aromatic heterocycles. The van der Waals surface area contributed by atoms with Crippen molar-refractivity contribution >= 4 is 5.82 Å². The van der Waals surface area contributed by atoms with Crippen molar-refractivity contribution in [3.8, 4) is 0 Å². The van der Waals surface area contributed by atoms with Crippen LogP contribution in [-0.4, -0.2) is 15.1 Å². The first-order valence-electron chi connectivity index (χ1n) is 5.52. The molecule has 0 aliphatic rings. The third-order valence-electron chi connectivity index (χ3n) is 2.79. The van der Waals surface area contributed by atoms with Gasteiger partial charge in [0.2, 0.25) is 0 Å². The van der Waals surface area contributed by atoms with E-state index in [0.29, 0.717) is 16.9 Å². The van der Waals surface area contributed by atoms with Crippen LogP contribution in [-0.2, 0) is 12.0 Å². The summed E-state index contributed by atoms with van der Waals surface area (Å²) >= 11 is 0. The molecule has 3 N–H and O–H groups in total. The number of hydrogen-bond donors (Lipinski definition) is 2. The monoisotopic (exact) mass is 247 g/mol. The Morgan fingerprint density at radius 3 is 2.89 bits per heavy atom. The molecule has 0 saturated heterocycles. The highest BCUT2D eigenvalue weighted by atomic mass is 19.1. The van der Waals surface area contributed by atoms with Crippen molar-refractivity contribution in [3.05, 3.63) is 53.7 Å². The van der Waals surface area contributed by atoms with E-state index in [-0.39, 0.29) is 6.42 Å². The summed E-state index contributed by atoms with van der Waals surface area (Å²) in [6.07, 6.45) is 4.36. The standard InChI is InChI=1S/C13H14FN3O/c1-13(18,10-5-11(14)8-16-7-10)6-9-3-2-4-17-12(9)15/h2-5,7-8,18H,6H2,1H3,(H2,15,17). The minimum Gasteiger partial charge on any atom is -0.385 e. The van der Waals surface area contributed by atoms with Crippen LogP contribution in [0, 0.1) is 5.82 Å². The fraction of sp³-hybridized carbons (Fsp3) is 0.231. The molecule has 94 valence electrons. The molecule has 0 bridgehead atoms. The highest BCUT2D eigenvalue weighted by molar-refractivity contribution is 5.40. The number of aromatic nitrogens is 2. The lowest BCUT2D eigenvalue weighted by atomic mass is 9.90. The molecule has 2 heterocycles. The third-order valence-corrected chi connectivity index (χ3v) is 2.79. The van der Waals surface area contributed by atoms with Crippen LogP contribution in [0.25, 0.3) is 0 Å². The van der Waals surface area contributed by atoms with Crippen LogP contribution < -0.4 is 5.73 Å². The van der Waals surface area contributed by atoms with Gasteiger partial charge in [0, 0.05) is 24.4 Å². The lowest BCUT2D eigenvalue weighted by Crippen LogP contribution is -2.25. The second kappa shape index (κ2) is 4.70. The Morgan fingerprint density at radius 1 is 1.44 bits per heavy atom. The summed E-state index contributed by atoms with van der Waals surface area (Å²) in [6.45, 7) is 1.59. The number of nitrogens with zero attached hydrogens (tertiary/aromatic N) is 2. The van der Waals surface area contributed by atoms with Crippen molar-refractivity contribution in [1.29, 1.82) is 0 Å². The van der Waals surface area contributed by atoms with Crippen LogP contribution in [0.2, 0.25) is 0 Å². The van der Waals surface area contributed by atoms with Crippen molar-refractivity contribution < 1.29 is 9.50 Å². The first-order chi connectivity index (χ1) is 8.49. The molecule has 1 unspecified atom stereocenters.